The Labute approximate surface area is 140 Å². The minimum Gasteiger partial charge on any atom is -0.353 e. The Balaban J connectivity index is 1.41. The Morgan fingerprint density at radius 2 is 0.957 bits per heavy atom. The van der Waals surface area contributed by atoms with E-state index in [4.69, 9.17) is 0 Å². The molecule has 0 aliphatic heterocycles. The van der Waals surface area contributed by atoms with Crippen LogP contribution in [0.3, 0.4) is 0 Å². The van der Waals surface area contributed by atoms with E-state index in [9.17, 15) is 9.59 Å². The van der Waals surface area contributed by atoms with Gasteiger partial charge in [0.1, 0.15) is 0 Å². The summed E-state index contributed by atoms with van der Waals surface area (Å²) in [6.07, 6.45) is 14.6. The summed E-state index contributed by atoms with van der Waals surface area (Å²) in [7, 11) is 0. The van der Waals surface area contributed by atoms with Crippen molar-refractivity contribution in [2.24, 2.45) is 11.8 Å². The van der Waals surface area contributed by atoms with Gasteiger partial charge in [-0.05, 0) is 44.9 Å². The van der Waals surface area contributed by atoms with Crippen LogP contribution in [0.4, 0.5) is 0 Å². The molecule has 0 aromatic heterocycles. The first kappa shape index (κ1) is 16.8. The van der Waals surface area contributed by atoms with Gasteiger partial charge < -0.3 is 10.6 Å². The minimum atomic E-state index is 0.0547. The Hall–Kier alpha value is -1.06. The van der Waals surface area contributed by atoms with E-state index in [1.807, 2.05) is 0 Å². The van der Waals surface area contributed by atoms with Crippen LogP contribution >= 0.6 is 0 Å². The van der Waals surface area contributed by atoms with Crippen molar-refractivity contribution in [2.75, 3.05) is 0 Å². The van der Waals surface area contributed by atoms with E-state index < -0.39 is 0 Å². The Kier molecular flexibility index (Phi) is 5.96. The molecule has 0 spiro atoms. The fourth-order valence-corrected chi connectivity index (χ4v) is 4.59. The Morgan fingerprint density at radius 1 is 0.565 bits per heavy atom. The minimum absolute atomic E-state index is 0.0547. The molecule has 0 heterocycles. The molecule has 3 rings (SSSR count). The monoisotopic (exact) mass is 320 g/mol. The molecular weight excluding hydrogens is 288 g/mol. The number of amides is 2. The van der Waals surface area contributed by atoms with Gasteiger partial charge in [-0.2, -0.15) is 0 Å². The summed E-state index contributed by atoms with van der Waals surface area (Å²) in [5.41, 5.74) is 0. The van der Waals surface area contributed by atoms with E-state index in [-0.39, 0.29) is 23.7 Å². The lowest BCUT2D eigenvalue weighted by Gasteiger charge is -2.25. The molecule has 0 aromatic rings. The number of carbonyl (C=O) groups excluding carboxylic acids is 2. The lowest BCUT2D eigenvalue weighted by Crippen LogP contribution is -2.41. The van der Waals surface area contributed by atoms with Gasteiger partial charge in [0.2, 0.25) is 11.8 Å². The van der Waals surface area contributed by atoms with Crippen molar-refractivity contribution in [3.8, 4) is 0 Å². The van der Waals surface area contributed by atoms with E-state index >= 15 is 0 Å². The average molecular weight is 320 g/mol. The average Bonchev–Trinajstić information content (AvgIpc) is 3.07. The van der Waals surface area contributed by atoms with Gasteiger partial charge >= 0.3 is 0 Å². The molecule has 4 heteroatoms. The van der Waals surface area contributed by atoms with Crippen LogP contribution in [0.1, 0.15) is 83.5 Å². The first-order valence-corrected chi connectivity index (χ1v) is 9.83. The SMILES string of the molecule is O=C(NC1CCCCC1)C1CCC(C(=O)NC2CCCCC2)C1. The second-order valence-electron chi connectivity index (χ2n) is 7.89. The molecule has 0 radical (unpaired) electrons. The van der Waals surface area contributed by atoms with Gasteiger partial charge in [-0.25, -0.2) is 0 Å². The molecule has 4 nitrogen and oxygen atoms in total. The van der Waals surface area contributed by atoms with Crippen LogP contribution in [0, 0.1) is 11.8 Å². The largest absolute Gasteiger partial charge is 0.353 e. The number of nitrogens with one attached hydrogen (secondary N) is 2. The molecule has 3 aliphatic rings. The number of carbonyl (C=O) groups is 2. The lowest BCUT2D eigenvalue weighted by atomic mass is 9.94. The van der Waals surface area contributed by atoms with Gasteiger partial charge in [0.25, 0.3) is 0 Å². The lowest BCUT2D eigenvalue weighted by molar-refractivity contribution is -0.127. The van der Waals surface area contributed by atoms with Gasteiger partial charge in [-0.15, -0.1) is 0 Å². The van der Waals surface area contributed by atoms with Crippen molar-refractivity contribution < 1.29 is 9.59 Å². The van der Waals surface area contributed by atoms with E-state index in [1.54, 1.807) is 0 Å². The summed E-state index contributed by atoms with van der Waals surface area (Å²) >= 11 is 0. The first-order chi connectivity index (χ1) is 11.2. The van der Waals surface area contributed by atoms with Crippen molar-refractivity contribution in [1.29, 1.82) is 0 Å². The zero-order valence-corrected chi connectivity index (χ0v) is 14.3. The van der Waals surface area contributed by atoms with Gasteiger partial charge in [0.05, 0.1) is 0 Å². The van der Waals surface area contributed by atoms with Crippen LogP contribution in [-0.2, 0) is 9.59 Å². The highest BCUT2D eigenvalue weighted by atomic mass is 16.2. The molecule has 130 valence electrons. The van der Waals surface area contributed by atoms with Crippen molar-refractivity contribution in [3.63, 3.8) is 0 Å². The van der Waals surface area contributed by atoms with Crippen molar-refractivity contribution >= 4 is 11.8 Å². The third kappa shape index (κ3) is 4.71. The highest BCUT2D eigenvalue weighted by molar-refractivity contribution is 5.83. The molecule has 2 amide bonds. The summed E-state index contributed by atoms with van der Waals surface area (Å²) in [5.74, 6) is 0.507. The van der Waals surface area contributed by atoms with Gasteiger partial charge in [-0.1, -0.05) is 38.5 Å². The zero-order valence-electron chi connectivity index (χ0n) is 14.3. The van der Waals surface area contributed by atoms with E-state index in [1.165, 1.54) is 38.5 Å². The molecular formula is C19H32N2O2. The third-order valence-corrected chi connectivity index (χ3v) is 6.08. The van der Waals surface area contributed by atoms with Crippen LogP contribution in [0.15, 0.2) is 0 Å². The normalized spacial score (nSPS) is 30.1. The van der Waals surface area contributed by atoms with Crippen molar-refractivity contribution in [3.05, 3.63) is 0 Å². The maximum Gasteiger partial charge on any atom is 0.223 e. The van der Waals surface area contributed by atoms with Crippen molar-refractivity contribution in [2.45, 2.75) is 95.6 Å². The predicted molar refractivity (Wildman–Crippen MR) is 90.9 cm³/mol. The molecule has 2 atom stereocenters. The summed E-state index contributed by atoms with van der Waals surface area (Å²) in [4.78, 5) is 24.9. The number of hydrogen-bond donors (Lipinski definition) is 2. The summed E-state index contributed by atoms with van der Waals surface area (Å²) in [6.45, 7) is 0. The molecule has 3 aliphatic carbocycles. The standard InChI is InChI=1S/C19H32N2O2/c22-18(20-16-7-3-1-4-8-16)14-11-12-15(13-14)19(23)21-17-9-5-2-6-10-17/h14-17H,1-13H2,(H,20,22)(H,21,23). The topological polar surface area (TPSA) is 58.2 Å². The van der Waals surface area contributed by atoms with Crippen LogP contribution in [0.5, 0.6) is 0 Å². The van der Waals surface area contributed by atoms with Crippen LogP contribution < -0.4 is 10.6 Å². The Bertz CT molecular complexity index is 374. The van der Waals surface area contributed by atoms with E-state index in [0.717, 1.165) is 44.9 Å². The highest BCUT2D eigenvalue weighted by Gasteiger charge is 2.35. The second kappa shape index (κ2) is 8.16. The molecule has 3 saturated carbocycles. The van der Waals surface area contributed by atoms with Gasteiger partial charge in [-0.3, -0.25) is 9.59 Å². The zero-order chi connectivity index (χ0) is 16.1. The molecule has 3 fully saturated rings. The second-order valence-corrected chi connectivity index (χ2v) is 7.89. The number of hydrogen-bond acceptors (Lipinski definition) is 2. The van der Waals surface area contributed by atoms with Gasteiger partial charge in [0.15, 0.2) is 0 Å². The molecule has 0 aromatic carbocycles. The predicted octanol–water partition coefficient (Wildman–Crippen LogP) is 3.30. The third-order valence-electron chi connectivity index (χ3n) is 6.08. The molecule has 2 N–H and O–H groups in total. The first-order valence-electron chi connectivity index (χ1n) is 9.83. The maximum absolute atomic E-state index is 12.4. The van der Waals surface area contributed by atoms with E-state index in [0.29, 0.717) is 12.1 Å². The van der Waals surface area contributed by atoms with Crippen LogP contribution in [0.25, 0.3) is 0 Å². The van der Waals surface area contributed by atoms with Gasteiger partial charge in [0, 0.05) is 23.9 Å². The number of rotatable bonds is 4. The molecule has 0 saturated heterocycles. The quantitative estimate of drug-likeness (QED) is 0.835. The van der Waals surface area contributed by atoms with E-state index in [2.05, 4.69) is 10.6 Å². The summed E-state index contributed by atoms with van der Waals surface area (Å²) < 4.78 is 0. The van der Waals surface area contributed by atoms with Crippen LogP contribution in [0.2, 0.25) is 0 Å². The summed E-state index contributed by atoms with van der Waals surface area (Å²) in [5, 5.41) is 6.46. The smallest absolute Gasteiger partial charge is 0.223 e. The molecule has 0 bridgehead atoms. The Morgan fingerprint density at radius 3 is 1.35 bits per heavy atom. The molecule has 23 heavy (non-hydrogen) atoms. The van der Waals surface area contributed by atoms with Crippen molar-refractivity contribution in [1.82, 2.24) is 10.6 Å². The molecule has 2 unspecified atom stereocenters. The highest BCUT2D eigenvalue weighted by Crippen LogP contribution is 2.32. The van der Waals surface area contributed by atoms with Crippen LogP contribution in [-0.4, -0.2) is 23.9 Å². The maximum atomic E-state index is 12.4. The fraction of sp³-hybridized carbons (Fsp3) is 0.895. The fourth-order valence-electron chi connectivity index (χ4n) is 4.59. The summed E-state index contributed by atoms with van der Waals surface area (Å²) in [6, 6.07) is 0.762.